The molecular formula is C13H15BrN2O3. The fourth-order valence-corrected chi connectivity index (χ4v) is 2.80. The summed E-state index contributed by atoms with van der Waals surface area (Å²) in [6, 6.07) is 4.43. The van der Waals surface area contributed by atoms with Crippen LogP contribution in [0, 0.1) is 23.0 Å². The smallest absolute Gasteiger partial charge is 0.270 e. The molecule has 1 atom stereocenters. The van der Waals surface area contributed by atoms with Crippen molar-refractivity contribution in [2.75, 3.05) is 18.4 Å². The first kappa shape index (κ1) is 14.0. The summed E-state index contributed by atoms with van der Waals surface area (Å²) >= 11 is 3.43. The first-order chi connectivity index (χ1) is 9.02. The van der Waals surface area contributed by atoms with Gasteiger partial charge in [-0.15, -0.1) is 0 Å². The maximum Gasteiger partial charge on any atom is 0.270 e. The van der Waals surface area contributed by atoms with Crippen molar-refractivity contribution in [2.24, 2.45) is 5.92 Å². The van der Waals surface area contributed by atoms with Crippen molar-refractivity contribution < 1.29 is 9.72 Å². The van der Waals surface area contributed by atoms with Gasteiger partial charge in [-0.3, -0.25) is 14.9 Å². The van der Waals surface area contributed by atoms with Crippen LogP contribution in [0.15, 0.2) is 18.2 Å². The predicted octanol–water partition coefficient (Wildman–Crippen LogP) is 2.76. The van der Waals surface area contributed by atoms with Gasteiger partial charge in [0.2, 0.25) is 0 Å². The number of rotatable bonds is 3. The monoisotopic (exact) mass is 326 g/mol. The summed E-state index contributed by atoms with van der Waals surface area (Å²) in [7, 11) is 0. The third-order valence-corrected chi connectivity index (χ3v) is 4.37. The van der Waals surface area contributed by atoms with Gasteiger partial charge < -0.3 is 4.90 Å². The number of alkyl halides is 1. The molecule has 1 aromatic rings. The molecule has 0 bridgehead atoms. The van der Waals surface area contributed by atoms with Gasteiger partial charge >= 0.3 is 0 Å². The van der Waals surface area contributed by atoms with Crippen LogP contribution >= 0.6 is 15.9 Å². The van der Waals surface area contributed by atoms with Gasteiger partial charge in [0.1, 0.15) is 0 Å². The first-order valence-corrected chi connectivity index (χ1v) is 7.25. The normalized spacial score (nSPS) is 18.6. The lowest BCUT2D eigenvalue weighted by Gasteiger charge is -2.17. The summed E-state index contributed by atoms with van der Waals surface area (Å²) in [6.07, 6.45) is 0.977. The first-order valence-electron chi connectivity index (χ1n) is 6.13. The number of hydrogen-bond acceptors (Lipinski definition) is 3. The van der Waals surface area contributed by atoms with Crippen LogP contribution < -0.4 is 0 Å². The van der Waals surface area contributed by atoms with E-state index in [-0.39, 0.29) is 11.6 Å². The van der Waals surface area contributed by atoms with E-state index in [9.17, 15) is 14.9 Å². The number of carbonyl (C=O) groups is 1. The molecule has 1 fully saturated rings. The lowest BCUT2D eigenvalue weighted by atomic mass is 10.1. The maximum atomic E-state index is 12.4. The van der Waals surface area contributed by atoms with Gasteiger partial charge in [-0.1, -0.05) is 22.0 Å². The molecule has 1 saturated heterocycles. The number of carbonyl (C=O) groups excluding carboxylic acids is 1. The average molecular weight is 327 g/mol. The number of benzene rings is 1. The molecule has 1 aromatic carbocycles. The number of nitro benzene ring substituents is 1. The van der Waals surface area contributed by atoms with E-state index in [0.717, 1.165) is 23.9 Å². The molecule has 5 nitrogen and oxygen atoms in total. The molecule has 1 aliphatic rings. The second kappa shape index (κ2) is 5.69. The lowest BCUT2D eigenvalue weighted by molar-refractivity contribution is -0.384. The molecule has 0 radical (unpaired) electrons. The molecule has 19 heavy (non-hydrogen) atoms. The summed E-state index contributed by atoms with van der Waals surface area (Å²) in [5.74, 6) is 0.368. The van der Waals surface area contributed by atoms with Gasteiger partial charge in [-0.25, -0.2) is 0 Å². The second-order valence-electron chi connectivity index (χ2n) is 4.82. The molecule has 1 aliphatic heterocycles. The molecular weight excluding hydrogens is 312 g/mol. The molecule has 1 amide bonds. The van der Waals surface area contributed by atoms with Gasteiger partial charge in [-0.05, 0) is 24.8 Å². The Bertz CT molecular complexity index is 519. The fraction of sp³-hybridized carbons (Fsp3) is 0.462. The Hall–Kier alpha value is -1.43. The summed E-state index contributed by atoms with van der Waals surface area (Å²) in [5, 5.41) is 11.7. The summed E-state index contributed by atoms with van der Waals surface area (Å²) in [4.78, 5) is 24.5. The van der Waals surface area contributed by atoms with Crippen molar-refractivity contribution in [2.45, 2.75) is 13.3 Å². The standard InChI is InChI=1S/C13H15BrN2O3/c1-9-2-3-11(16(18)19)6-12(9)13(17)15-5-4-10(7-14)8-15/h2-3,6,10H,4-5,7-8H2,1H3. The summed E-state index contributed by atoms with van der Waals surface area (Å²) in [5.41, 5.74) is 1.17. The van der Waals surface area contributed by atoms with E-state index >= 15 is 0 Å². The van der Waals surface area contributed by atoms with Crippen LogP contribution in [0.3, 0.4) is 0 Å². The molecule has 2 rings (SSSR count). The van der Waals surface area contributed by atoms with Crippen molar-refractivity contribution >= 4 is 27.5 Å². The largest absolute Gasteiger partial charge is 0.338 e. The maximum absolute atomic E-state index is 12.4. The van der Waals surface area contributed by atoms with Crippen molar-refractivity contribution in [3.05, 3.63) is 39.4 Å². The van der Waals surface area contributed by atoms with Gasteiger partial charge in [0.15, 0.2) is 0 Å². The number of nitrogens with zero attached hydrogens (tertiary/aromatic N) is 2. The van der Waals surface area contributed by atoms with Crippen LogP contribution in [0.1, 0.15) is 22.3 Å². The minimum absolute atomic E-state index is 0.0369. The Morgan fingerprint density at radius 1 is 1.58 bits per heavy atom. The molecule has 1 heterocycles. The number of aryl methyl sites for hydroxylation is 1. The van der Waals surface area contributed by atoms with Crippen molar-refractivity contribution in [1.82, 2.24) is 4.90 Å². The number of nitro groups is 1. The van der Waals surface area contributed by atoms with Crippen LogP contribution in [0.2, 0.25) is 0 Å². The number of amides is 1. The van der Waals surface area contributed by atoms with Gasteiger partial charge in [0.05, 0.1) is 4.92 Å². The quantitative estimate of drug-likeness (QED) is 0.487. The number of halogens is 1. The zero-order chi connectivity index (χ0) is 14.0. The zero-order valence-electron chi connectivity index (χ0n) is 10.6. The Morgan fingerprint density at radius 3 is 2.89 bits per heavy atom. The van der Waals surface area contributed by atoms with Gasteiger partial charge in [0.25, 0.3) is 11.6 Å². The third-order valence-electron chi connectivity index (χ3n) is 3.45. The van der Waals surface area contributed by atoms with E-state index in [0.29, 0.717) is 18.0 Å². The fourth-order valence-electron chi connectivity index (χ4n) is 2.27. The second-order valence-corrected chi connectivity index (χ2v) is 5.46. The SMILES string of the molecule is Cc1ccc([N+](=O)[O-])cc1C(=O)N1CCC(CBr)C1. The molecule has 6 heteroatoms. The Kier molecular flexibility index (Phi) is 4.19. The van der Waals surface area contributed by atoms with E-state index in [2.05, 4.69) is 15.9 Å². The molecule has 0 aliphatic carbocycles. The highest BCUT2D eigenvalue weighted by atomic mass is 79.9. The minimum Gasteiger partial charge on any atom is -0.338 e. The molecule has 0 saturated carbocycles. The highest BCUT2D eigenvalue weighted by Crippen LogP contribution is 2.23. The Balaban J connectivity index is 2.24. The van der Waals surface area contributed by atoms with E-state index in [4.69, 9.17) is 0 Å². The molecule has 0 N–H and O–H groups in total. The van der Waals surface area contributed by atoms with E-state index in [1.54, 1.807) is 17.9 Å². The summed E-state index contributed by atoms with van der Waals surface area (Å²) < 4.78 is 0. The van der Waals surface area contributed by atoms with Crippen molar-refractivity contribution in [3.8, 4) is 0 Å². The number of hydrogen-bond donors (Lipinski definition) is 0. The van der Waals surface area contributed by atoms with Crippen LogP contribution in [-0.2, 0) is 0 Å². The molecule has 1 unspecified atom stereocenters. The number of non-ortho nitro benzene ring substituents is 1. The average Bonchev–Trinajstić information content (AvgIpc) is 2.87. The number of likely N-dealkylation sites (tertiary alicyclic amines) is 1. The minimum atomic E-state index is -0.471. The van der Waals surface area contributed by atoms with Crippen molar-refractivity contribution in [3.63, 3.8) is 0 Å². The zero-order valence-corrected chi connectivity index (χ0v) is 12.2. The Labute approximate surface area is 119 Å². The predicted molar refractivity (Wildman–Crippen MR) is 75.6 cm³/mol. The highest BCUT2D eigenvalue weighted by Gasteiger charge is 2.27. The van der Waals surface area contributed by atoms with E-state index < -0.39 is 4.92 Å². The molecule has 0 spiro atoms. The van der Waals surface area contributed by atoms with E-state index in [1.165, 1.54) is 12.1 Å². The van der Waals surface area contributed by atoms with Crippen molar-refractivity contribution in [1.29, 1.82) is 0 Å². The van der Waals surface area contributed by atoms with Crippen LogP contribution in [0.25, 0.3) is 0 Å². The molecule has 0 aromatic heterocycles. The lowest BCUT2D eigenvalue weighted by Crippen LogP contribution is -2.29. The van der Waals surface area contributed by atoms with Gasteiger partial charge in [0, 0.05) is 36.1 Å². The third kappa shape index (κ3) is 2.94. The Morgan fingerprint density at radius 2 is 2.32 bits per heavy atom. The topological polar surface area (TPSA) is 63.5 Å². The van der Waals surface area contributed by atoms with Crippen LogP contribution in [-0.4, -0.2) is 34.2 Å². The summed E-state index contributed by atoms with van der Waals surface area (Å²) in [6.45, 7) is 3.23. The molecule has 102 valence electrons. The van der Waals surface area contributed by atoms with Gasteiger partial charge in [-0.2, -0.15) is 0 Å². The van der Waals surface area contributed by atoms with E-state index in [1.807, 2.05) is 0 Å². The van der Waals surface area contributed by atoms with Crippen LogP contribution in [0.4, 0.5) is 5.69 Å². The van der Waals surface area contributed by atoms with Crippen LogP contribution in [0.5, 0.6) is 0 Å². The highest BCUT2D eigenvalue weighted by molar-refractivity contribution is 9.09.